The number of carbonyl (C=O) groups excluding carboxylic acids is 3. The maximum absolute atomic E-state index is 14.6. The van der Waals surface area contributed by atoms with Crippen LogP contribution in [0.2, 0.25) is 0 Å². The Kier molecular flexibility index (Phi) is 7.03. The van der Waals surface area contributed by atoms with Crippen molar-refractivity contribution in [2.75, 3.05) is 26.7 Å². The Labute approximate surface area is 220 Å². The Balaban J connectivity index is 1.66. The Morgan fingerprint density at radius 2 is 1.70 bits per heavy atom. The van der Waals surface area contributed by atoms with Gasteiger partial charge in [-0.05, 0) is 31.6 Å². The largest absolute Gasteiger partial charge is 0.394 e. The van der Waals surface area contributed by atoms with Crippen molar-refractivity contribution >= 4 is 17.7 Å². The van der Waals surface area contributed by atoms with Gasteiger partial charge >= 0.3 is 0 Å². The second-order valence-corrected chi connectivity index (χ2v) is 12.1. The molecule has 0 aromatic carbocycles. The van der Waals surface area contributed by atoms with Crippen LogP contribution in [0.25, 0.3) is 0 Å². The topological polar surface area (TPSA) is 90.4 Å². The first-order valence-electron chi connectivity index (χ1n) is 14.2. The summed E-state index contributed by atoms with van der Waals surface area (Å²) in [7, 11) is 1.76. The molecule has 1 aliphatic carbocycles. The molecule has 8 nitrogen and oxygen atoms in total. The van der Waals surface area contributed by atoms with Crippen LogP contribution in [0, 0.1) is 17.8 Å². The second-order valence-electron chi connectivity index (χ2n) is 12.1. The average Bonchev–Trinajstić information content (AvgIpc) is 3.19. The molecule has 1 saturated carbocycles. The van der Waals surface area contributed by atoms with Gasteiger partial charge in [-0.15, -0.1) is 0 Å². The normalized spacial score (nSPS) is 37.1. The molecule has 3 amide bonds. The number of nitrogens with zero attached hydrogens (tertiary/aromatic N) is 3. The first-order chi connectivity index (χ1) is 17.7. The van der Waals surface area contributed by atoms with E-state index in [1.807, 2.05) is 36.1 Å². The number of likely N-dealkylation sites (N-methyl/N-ethyl adjacent to an activating group) is 1. The Bertz CT molecular complexity index is 988. The van der Waals surface area contributed by atoms with E-state index in [0.29, 0.717) is 25.9 Å². The fourth-order valence-electron chi connectivity index (χ4n) is 7.77. The molecular weight excluding hydrogens is 470 g/mol. The summed E-state index contributed by atoms with van der Waals surface area (Å²) in [5.41, 5.74) is -2.20. The van der Waals surface area contributed by atoms with Crippen molar-refractivity contribution in [1.29, 1.82) is 0 Å². The molecule has 0 bridgehead atoms. The number of hydrogen-bond donors (Lipinski definition) is 1. The van der Waals surface area contributed by atoms with Crippen molar-refractivity contribution < 1.29 is 24.2 Å². The lowest BCUT2D eigenvalue weighted by Gasteiger charge is -2.42. The highest BCUT2D eigenvalue weighted by atomic mass is 16.5. The van der Waals surface area contributed by atoms with Crippen molar-refractivity contribution in [1.82, 2.24) is 14.7 Å². The molecular formula is C29H43N3O5. The van der Waals surface area contributed by atoms with Gasteiger partial charge in [-0.1, -0.05) is 64.3 Å². The van der Waals surface area contributed by atoms with Gasteiger partial charge in [0.15, 0.2) is 0 Å². The molecule has 0 radical (unpaired) electrons. The fraction of sp³-hybridized carbons (Fsp3) is 0.759. The molecule has 4 aliphatic heterocycles. The molecule has 2 saturated heterocycles. The zero-order chi connectivity index (χ0) is 26.5. The van der Waals surface area contributed by atoms with E-state index in [0.717, 1.165) is 25.7 Å². The van der Waals surface area contributed by atoms with E-state index in [2.05, 4.69) is 13.8 Å². The summed E-state index contributed by atoms with van der Waals surface area (Å²) >= 11 is 0. The molecule has 5 aliphatic rings. The van der Waals surface area contributed by atoms with Crippen LogP contribution in [-0.4, -0.2) is 93.6 Å². The highest BCUT2D eigenvalue weighted by Crippen LogP contribution is 2.59. The number of amides is 3. The van der Waals surface area contributed by atoms with Gasteiger partial charge < -0.3 is 24.5 Å². The highest BCUT2D eigenvalue weighted by molar-refractivity contribution is 6.00. The summed E-state index contributed by atoms with van der Waals surface area (Å²) in [5.74, 6) is -1.80. The van der Waals surface area contributed by atoms with Crippen molar-refractivity contribution in [2.45, 2.75) is 95.0 Å². The third-order valence-corrected chi connectivity index (χ3v) is 9.47. The number of rotatable bonds is 6. The van der Waals surface area contributed by atoms with Gasteiger partial charge in [-0.2, -0.15) is 0 Å². The molecule has 0 aromatic heterocycles. The number of aliphatic hydroxyl groups excluding tert-OH is 1. The minimum atomic E-state index is -1.25. The van der Waals surface area contributed by atoms with E-state index in [-0.39, 0.29) is 36.3 Å². The van der Waals surface area contributed by atoms with Crippen LogP contribution < -0.4 is 0 Å². The van der Waals surface area contributed by atoms with Crippen LogP contribution in [0.15, 0.2) is 24.3 Å². The summed E-state index contributed by atoms with van der Waals surface area (Å²) in [6.45, 7) is 6.78. The maximum atomic E-state index is 14.6. The number of aliphatic hydroxyl groups is 1. The third kappa shape index (κ3) is 3.97. The lowest BCUT2D eigenvalue weighted by atomic mass is 9.73. The van der Waals surface area contributed by atoms with Gasteiger partial charge in [0, 0.05) is 26.2 Å². The molecule has 4 heterocycles. The molecule has 1 unspecified atom stereocenters. The fourth-order valence-corrected chi connectivity index (χ4v) is 7.77. The summed E-state index contributed by atoms with van der Waals surface area (Å²) in [6, 6.07) is -1.28. The molecule has 204 valence electrons. The van der Waals surface area contributed by atoms with Gasteiger partial charge in [0.25, 0.3) is 0 Å². The first-order valence-corrected chi connectivity index (χ1v) is 14.2. The van der Waals surface area contributed by atoms with Crippen LogP contribution >= 0.6 is 0 Å². The maximum Gasteiger partial charge on any atom is 0.249 e. The van der Waals surface area contributed by atoms with Gasteiger partial charge in [-0.3, -0.25) is 14.4 Å². The predicted molar refractivity (Wildman–Crippen MR) is 139 cm³/mol. The molecule has 1 N–H and O–H groups in total. The minimum Gasteiger partial charge on any atom is -0.394 e. The quantitative estimate of drug-likeness (QED) is 0.552. The molecule has 6 atom stereocenters. The SMILES string of the molecule is CC[C@@]12C=CCN(C)C(=O)[C@@H]1[C@H]1C(=O)N([C@@H](CO)CC(C)C)C3C(=O)N(C4CCCCC4)CC=C[C@@]31O2. The summed E-state index contributed by atoms with van der Waals surface area (Å²) in [4.78, 5) is 48.1. The standard InChI is InChI=1S/C29H43N3O5/c1-5-28-13-9-15-30(4)25(34)22(28)23-26(35)32(21(18-33)17-19(2)3)24-27(36)31(20-11-7-6-8-12-20)16-10-14-29(23,24)37-28/h9-10,13-14,19-24,33H,5-8,11-12,15-18H2,1-4H3/t21-,22+,23+,24?,28-,29+/m1/s1. The van der Waals surface area contributed by atoms with Crippen LogP contribution in [0.4, 0.5) is 0 Å². The summed E-state index contributed by atoms with van der Waals surface area (Å²) in [5, 5.41) is 10.5. The zero-order valence-corrected chi connectivity index (χ0v) is 22.8. The molecule has 5 rings (SSSR count). The molecule has 3 fully saturated rings. The van der Waals surface area contributed by atoms with E-state index in [4.69, 9.17) is 4.74 Å². The number of fused-ring (bicyclic) bond motifs is 2. The Hall–Kier alpha value is -2.19. The molecule has 1 spiro atoms. The van der Waals surface area contributed by atoms with E-state index >= 15 is 0 Å². The lowest BCUT2D eigenvalue weighted by molar-refractivity contribution is -0.158. The average molecular weight is 514 g/mol. The second kappa shape index (κ2) is 9.84. The summed E-state index contributed by atoms with van der Waals surface area (Å²) in [6.07, 6.45) is 14.2. The van der Waals surface area contributed by atoms with Crippen LogP contribution in [-0.2, 0) is 19.1 Å². The minimum absolute atomic E-state index is 0.109. The number of ether oxygens (including phenoxy) is 1. The summed E-state index contributed by atoms with van der Waals surface area (Å²) < 4.78 is 6.99. The molecule has 0 aromatic rings. The Morgan fingerprint density at radius 1 is 1.00 bits per heavy atom. The van der Waals surface area contributed by atoms with E-state index in [1.54, 1.807) is 16.8 Å². The van der Waals surface area contributed by atoms with Crippen LogP contribution in [0.5, 0.6) is 0 Å². The van der Waals surface area contributed by atoms with E-state index in [1.165, 1.54) is 6.42 Å². The Morgan fingerprint density at radius 3 is 2.35 bits per heavy atom. The number of carbonyl (C=O) groups is 3. The van der Waals surface area contributed by atoms with Crippen molar-refractivity contribution in [3.63, 3.8) is 0 Å². The van der Waals surface area contributed by atoms with Crippen molar-refractivity contribution in [3.05, 3.63) is 24.3 Å². The van der Waals surface area contributed by atoms with Crippen LogP contribution in [0.1, 0.15) is 65.7 Å². The van der Waals surface area contributed by atoms with Gasteiger partial charge in [0.1, 0.15) is 11.6 Å². The lowest BCUT2D eigenvalue weighted by Crippen LogP contribution is -2.60. The monoisotopic (exact) mass is 513 g/mol. The van der Waals surface area contributed by atoms with Gasteiger partial charge in [0.05, 0.1) is 30.1 Å². The van der Waals surface area contributed by atoms with E-state index in [9.17, 15) is 19.5 Å². The van der Waals surface area contributed by atoms with Gasteiger partial charge in [-0.25, -0.2) is 0 Å². The molecule has 8 heteroatoms. The van der Waals surface area contributed by atoms with Crippen molar-refractivity contribution in [3.8, 4) is 0 Å². The predicted octanol–water partition coefficient (Wildman–Crippen LogP) is 2.51. The molecule has 37 heavy (non-hydrogen) atoms. The van der Waals surface area contributed by atoms with E-state index < -0.39 is 35.1 Å². The zero-order valence-electron chi connectivity index (χ0n) is 22.8. The first kappa shape index (κ1) is 26.4. The van der Waals surface area contributed by atoms with Crippen molar-refractivity contribution in [2.24, 2.45) is 17.8 Å². The highest BCUT2D eigenvalue weighted by Gasteiger charge is 2.75. The third-order valence-electron chi connectivity index (χ3n) is 9.47. The van der Waals surface area contributed by atoms with Gasteiger partial charge in [0.2, 0.25) is 17.7 Å². The number of likely N-dealkylation sites (tertiary alicyclic amines) is 1. The number of hydrogen-bond acceptors (Lipinski definition) is 5. The van der Waals surface area contributed by atoms with Crippen LogP contribution in [0.3, 0.4) is 0 Å². The smallest absolute Gasteiger partial charge is 0.249 e.